The van der Waals surface area contributed by atoms with E-state index in [9.17, 15) is 18.8 Å². The predicted molar refractivity (Wildman–Crippen MR) is 99.0 cm³/mol. The van der Waals surface area contributed by atoms with E-state index in [1.165, 1.54) is 30.9 Å². The van der Waals surface area contributed by atoms with Gasteiger partial charge in [-0.3, -0.25) is 9.59 Å². The van der Waals surface area contributed by atoms with Gasteiger partial charge in [-0.15, -0.1) is 0 Å². The number of amides is 3. The standard InChI is InChI=1S/C18H23ClFN3O4/c1-4-27-17(26)23-9-7-22(8-10-23)16(25)18(2,3)15(24)21-12-5-6-14(20)13(19)11-12/h5-6,11H,4,7-10H2,1-3H3,(H,21,24). The van der Waals surface area contributed by atoms with Gasteiger partial charge >= 0.3 is 6.09 Å². The molecule has 1 heterocycles. The molecule has 0 radical (unpaired) electrons. The van der Waals surface area contributed by atoms with Crippen molar-refractivity contribution in [3.05, 3.63) is 29.0 Å². The highest BCUT2D eigenvalue weighted by molar-refractivity contribution is 6.31. The molecule has 0 aromatic heterocycles. The van der Waals surface area contributed by atoms with Crippen molar-refractivity contribution in [2.45, 2.75) is 20.8 Å². The van der Waals surface area contributed by atoms with E-state index in [0.29, 0.717) is 38.5 Å². The molecule has 0 aliphatic carbocycles. The number of piperazine rings is 1. The normalized spacial score (nSPS) is 14.7. The first kappa shape index (κ1) is 21.0. The third-order valence-electron chi connectivity index (χ3n) is 4.37. The van der Waals surface area contributed by atoms with Crippen LogP contribution in [0.3, 0.4) is 0 Å². The second-order valence-electron chi connectivity index (χ2n) is 6.69. The lowest BCUT2D eigenvalue weighted by Crippen LogP contribution is -2.55. The number of nitrogens with one attached hydrogen (secondary N) is 1. The number of ether oxygens (including phenoxy) is 1. The zero-order valence-corrected chi connectivity index (χ0v) is 16.3. The summed E-state index contributed by atoms with van der Waals surface area (Å²) >= 11 is 5.71. The number of halogens is 2. The Bertz CT molecular complexity index is 733. The molecule has 9 heteroatoms. The average molecular weight is 400 g/mol. The lowest BCUT2D eigenvalue weighted by Gasteiger charge is -2.37. The molecule has 0 spiro atoms. The summed E-state index contributed by atoms with van der Waals surface area (Å²) < 4.78 is 18.2. The number of carbonyl (C=O) groups is 3. The van der Waals surface area contributed by atoms with Crippen LogP contribution in [0.1, 0.15) is 20.8 Å². The van der Waals surface area contributed by atoms with Gasteiger partial charge in [-0.1, -0.05) is 11.6 Å². The Balaban J connectivity index is 1.98. The van der Waals surface area contributed by atoms with Crippen LogP contribution in [0.2, 0.25) is 5.02 Å². The molecule has 1 N–H and O–H groups in total. The lowest BCUT2D eigenvalue weighted by atomic mass is 9.89. The van der Waals surface area contributed by atoms with Crippen LogP contribution in [0.4, 0.5) is 14.9 Å². The molecule has 2 rings (SSSR count). The molecule has 1 aromatic carbocycles. The zero-order chi connectivity index (χ0) is 20.2. The summed E-state index contributed by atoms with van der Waals surface area (Å²) in [7, 11) is 0. The quantitative estimate of drug-likeness (QED) is 0.789. The lowest BCUT2D eigenvalue weighted by molar-refractivity contribution is -0.147. The van der Waals surface area contributed by atoms with Crippen molar-refractivity contribution < 1.29 is 23.5 Å². The second-order valence-corrected chi connectivity index (χ2v) is 7.09. The topological polar surface area (TPSA) is 79.0 Å². The van der Waals surface area contributed by atoms with Crippen molar-refractivity contribution in [1.82, 2.24) is 9.80 Å². The number of benzene rings is 1. The van der Waals surface area contributed by atoms with Gasteiger partial charge in [0.15, 0.2) is 0 Å². The Kier molecular flexibility index (Phi) is 6.64. The predicted octanol–water partition coefficient (Wildman–Crippen LogP) is 2.74. The Morgan fingerprint density at radius 2 is 1.78 bits per heavy atom. The van der Waals surface area contributed by atoms with Crippen LogP contribution in [0.5, 0.6) is 0 Å². The summed E-state index contributed by atoms with van der Waals surface area (Å²) in [4.78, 5) is 40.2. The van der Waals surface area contributed by atoms with Gasteiger partial charge in [-0.05, 0) is 39.0 Å². The average Bonchev–Trinajstić information content (AvgIpc) is 2.64. The summed E-state index contributed by atoms with van der Waals surface area (Å²) in [6.07, 6.45) is -0.408. The number of rotatable bonds is 4. The molecule has 1 saturated heterocycles. The van der Waals surface area contributed by atoms with Gasteiger partial charge in [0.2, 0.25) is 11.8 Å². The largest absolute Gasteiger partial charge is 0.450 e. The molecule has 0 unspecified atom stereocenters. The fraction of sp³-hybridized carbons (Fsp3) is 0.500. The van der Waals surface area contributed by atoms with Gasteiger partial charge < -0.3 is 19.9 Å². The molecule has 1 fully saturated rings. The minimum absolute atomic E-state index is 0.119. The minimum Gasteiger partial charge on any atom is -0.450 e. The number of hydrogen-bond donors (Lipinski definition) is 1. The Morgan fingerprint density at radius 1 is 1.19 bits per heavy atom. The van der Waals surface area contributed by atoms with Crippen molar-refractivity contribution >= 4 is 35.2 Å². The first-order valence-electron chi connectivity index (χ1n) is 8.64. The van der Waals surface area contributed by atoms with E-state index in [1.807, 2.05) is 0 Å². The number of anilines is 1. The van der Waals surface area contributed by atoms with Gasteiger partial charge in [-0.2, -0.15) is 0 Å². The molecule has 148 valence electrons. The summed E-state index contributed by atoms with van der Waals surface area (Å²) in [5.74, 6) is -1.47. The van der Waals surface area contributed by atoms with Crippen LogP contribution in [0, 0.1) is 11.2 Å². The van der Waals surface area contributed by atoms with Crippen molar-refractivity contribution in [1.29, 1.82) is 0 Å². The van der Waals surface area contributed by atoms with Crippen molar-refractivity contribution in [3.63, 3.8) is 0 Å². The van der Waals surface area contributed by atoms with E-state index in [-0.39, 0.29) is 10.9 Å². The molecule has 1 aliphatic heterocycles. The van der Waals surface area contributed by atoms with Crippen LogP contribution in [-0.4, -0.2) is 60.5 Å². The number of hydrogen-bond acceptors (Lipinski definition) is 4. The molecule has 1 aliphatic rings. The monoisotopic (exact) mass is 399 g/mol. The highest BCUT2D eigenvalue weighted by Gasteiger charge is 2.40. The summed E-state index contributed by atoms with van der Waals surface area (Å²) in [5, 5.41) is 2.47. The van der Waals surface area contributed by atoms with E-state index in [0.717, 1.165) is 6.07 Å². The molecule has 7 nitrogen and oxygen atoms in total. The molecule has 0 saturated carbocycles. The van der Waals surface area contributed by atoms with Crippen molar-refractivity contribution in [2.75, 3.05) is 38.1 Å². The second kappa shape index (κ2) is 8.56. The SMILES string of the molecule is CCOC(=O)N1CCN(C(=O)C(C)(C)C(=O)Nc2ccc(F)c(Cl)c2)CC1. The van der Waals surface area contributed by atoms with E-state index in [1.54, 1.807) is 11.8 Å². The van der Waals surface area contributed by atoms with E-state index < -0.39 is 23.2 Å². The molecule has 3 amide bonds. The molecule has 0 atom stereocenters. The van der Waals surface area contributed by atoms with Crippen LogP contribution >= 0.6 is 11.6 Å². The first-order valence-corrected chi connectivity index (χ1v) is 9.02. The minimum atomic E-state index is -1.34. The molecule has 27 heavy (non-hydrogen) atoms. The molecular weight excluding hydrogens is 377 g/mol. The summed E-state index contributed by atoms with van der Waals surface area (Å²) in [6.45, 7) is 6.38. The van der Waals surface area contributed by atoms with Gasteiger partial charge in [0.25, 0.3) is 0 Å². The van der Waals surface area contributed by atoms with Crippen molar-refractivity contribution in [2.24, 2.45) is 5.41 Å². The summed E-state index contributed by atoms with van der Waals surface area (Å²) in [6, 6.07) is 3.80. The fourth-order valence-electron chi connectivity index (χ4n) is 2.66. The van der Waals surface area contributed by atoms with Gasteiger partial charge in [-0.25, -0.2) is 9.18 Å². The maximum absolute atomic E-state index is 13.2. The molecule has 1 aromatic rings. The number of carbonyl (C=O) groups excluding carboxylic acids is 3. The maximum Gasteiger partial charge on any atom is 0.409 e. The van der Waals surface area contributed by atoms with Crippen LogP contribution in [0.25, 0.3) is 0 Å². The Morgan fingerprint density at radius 3 is 2.33 bits per heavy atom. The third kappa shape index (κ3) is 4.88. The van der Waals surface area contributed by atoms with E-state index in [4.69, 9.17) is 16.3 Å². The highest BCUT2D eigenvalue weighted by Crippen LogP contribution is 2.25. The third-order valence-corrected chi connectivity index (χ3v) is 4.66. The van der Waals surface area contributed by atoms with Crippen LogP contribution in [-0.2, 0) is 14.3 Å². The molecule has 0 bridgehead atoms. The van der Waals surface area contributed by atoms with Crippen LogP contribution < -0.4 is 5.32 Å². The maximum atomic E-state index is 13.2. The number of nitrogens with zero attached hydrogens (tertiary/aromatic N) is 2. The van der Waals surface area contributed by atoms with E-state index in [2.05, 4.69) is 5.32 Å². The first-order chi connectivity index (χ1) is 12.7. The Labute approximate surface area is 162 Å². The fourth-order valence-corrected chi connectivity index (χ4v) is 2.84. The smallest absolute Gasteiger partial charge is 0.409 e. The van der Waals surface area contributed by atoms with Gasteiger partial charge in [0, 0.05) is 31.9 Å². The van der Waals surface area contributed by atoms with Crippen molar-refractivity contribution in [3.8, 4) is 0 Å². The zero-order valence-electron chi connectivity index (χ0n) is 15.6. The van der Waals surface area contributed by atoms with Gasteiger partial charge in [0.05, 0.1) is 11.6 Å². The van der Waals surface area contributed by atoms with Gasteiger partial charge in [0.1, 0.15) is 11.2 Å². The summed E-state index contributed by atoms with van der Waals surface area (Å²) in [5.41, 5.74) is -1.04. The van der Waals surface area contributed by atoms with E-state index >= 15 is 0 Å². The Hall–Kier alpha value is -2.35. The highest BCUT2D eigenvalue weighted by atomic mass is 35.5. The molecular formula is C18H23ClFN3O4. The van der Waals surface area contributed by atoms with Crippen LogP contribution in [0.15, 0.2) is 18.2 Å².